The van der Waals surface area contributed by atoms with E-state index < -0.39 is 42.7 Å². The van der Waals surface area contributed by atoms with Crippen LogP contribution in [0.1, 0.15) is 37.1 Å². The van der Waals surface area contributed by atoms with Crippen LogP contribution in [-0.2, 0) is 33.4 Å². The molecule has 0 amide bonds. The van der Waals surface area contributed by atoms with E-state index in [1.807, 2.05) is 0 Å². The van der Waals surface area contributed by atoms with Crippen LogP contribution in [0.25, 0.3) is 17.1 Å². The van der Waals surface area contributed by atoms with E-state index in [9.17, 15) is 34.6 Å². The number of aryl methyl sites for hydroxylation is 1. The van der Waals surface area contributed by atoms with Crippen LogP contribution in [0.3, 0.4) is 0 Å². The van der Waals surface area contributed by atoms with Crippen molar-refractivity contribution in [2.24, 2.45) is 12.8 Å². The zero-order valence-corrected chi connectivity index (χ0v) is 27.9. The van der Waals surface area contributed by atoms with Crippen LogP contribution in [0.4, 0.5) is 24.5 Å². The molecule has 3 aromatic rings. The van der Waals surface area contributed by atoms with Gasteiger partial charge in [-0.1, -0.05) is 24.1 Å². The number of sulfonamides is 1. The number of aromatic nitrogens is 2. The first-order valence-corrected chi connectivity index (χ1v) is 18.0. The molecule has 3 heterocycles. The average Bonchev–Trinajstić information content (AvgIpc) is 3.41. The molecule has 0 atom stereocenters. The fourth-order valence-corrected chi connectivity index (χ4v) is 8.19. The minimum absolute atomic E-state index is 0.0311. The second-order valence-corrected chi connectivity index (χ2v) is 15.1. The Morgan fingerprint density at radius 1 is 1.09 bits per heavy atom. The molecule has 5 rings (SSSR count). The number of fused-ring (bicyclic) bond motifs is 2. The summed E-state index contributed by atoms with van der Waals surface area (Å²) in [6.45, 7) is 0.876. The third kappa shape index (κ3) is 6.95. The van der Waals surface area contributed by atoms with Crippen LogP contribution in [0, 0.1) is 12.1 Å². The number of anilines is 2. The molecule has 2 aromatic carbocycles. The highest BCUT2D eigenvalue weighted by molar-refractivity contribution is 7.89. The number of imidazole rings is 1. The lowest BCUT2D eigenvalue weighted by Gasteiger charge is -2.25. The monoisotopic (exact) mass is 713 g/mol. The molecule has 2 aliphatic rings. The fraction of sp³-hybridized carbons (Fsp3) is 0.367. The van der Waals surface area contributed by atoms with Crippen molar-refractivity contribution in [2.45, 2.75) is 36.8 Å². The highest BCUT2D eigenvalue weighted by atomic mass is 35.5. The van der Waals surface area contributed by atoms with Gasteiger partial charge in [-0.25, -0.2) is 13.0 Å². The standard InChI is InChI=1S/C30H32ClF3N6O5S2/c1-36-24-11-10-21(47(44,45)38-13-4-3-5-14-38)18-26(24)40(16-12-35)28(36)8-6-9-29-37(2)25-20-23(31)22(30(32,33)34)19-27(25)39(29)15-7-17-46(41,42)43/h6,8-11,18-20H,3-5,7,13-15,17,35H2,1-2H3/p+1. The normalized spacial score (nSPS) is 17.1. The number of benzene rings is 2. The van der Waals surface area contributed by atoms with Gasteiger partial charge in [-0.3, -0.25) is 4.55 Å². The van der Waals surface area contributed by atoms with Crippen molar-refractivity contribution in [1.82, 2.24) is 8.87 Å². The molecule has 252 valence electrons. The number of hydrogen-bond donors (Lipinski definition) is 2. The molecule has 0 unspecified atom stereocenters. The van der Waals surface area contributed by atoms with Crippen LogP contribution < -0.4 is 20.1 Å². The molecule has 0 aliphatic carbocycles. The van der Waals surface area contributed by atoms with Crippen molar-refractivity contribution < 1.29 is 39.1 Å². The summed E-state index contributed by atoms with van der Waals surface area (Å²) >= 11 is 6.01. The quantitative estimate of drug-likeness (QED) is 0.154. The zero-order valence-electron chi connectivity index (χ0n) is 25.5. The summed E-state index contributed by atoms with van der Waals surface area (Å²) in [5.41, 5.74) is 6.26. The van der Waals surface area contributed by atoms with Gasteiger partial charge in [0.15, 0.2) is 11.0 Å². The topological polar surface area (TPSA) is 133 Å². The number of rotatable bonds is 8. The summed E-state index contributed by atoms with van der Waals surface area (Å²) in [6.07, 6.45) is 2.71. The highest BCUT2D eigenvalue weighted by Gasteiger charge is 2.38. The Bertz CT molecular complexity index is 2060. The summed E-state index contributed by atoms with van der Waals surface area (Å²) in [7, 11) is -4.64. The Labute approximate surface area is 276 Å². The lowest BCUT2D eigenvalue weighted by Crippen LogP contribution is -2.35. The largest absolute Gasteiger partial charge is 0.417 e. The SMILES string of the molecule is CN1/C(=C\C=C\c2n(C#CN)c3cc(S(=O)(=O)N4CCCCC4)ccc3[n+]2C)N(CCCS(=O)(=O)O)c2cc(C(F)(F)F)c(Cl)cc21. The molecule has 1 saturated heterocycles. The lowest BCUT2D eigenvalue weighted by molar-refractivity contribution is -0.647. The number of hydrogen-bond acceptors (Lipinski definition) is 7. The van der Waals surface area contributed by atoms with Crippen LogP contribution in [0.5, 0.6) is 0 Å². The second kappa shape index (κ2) is 13.0. The van der Waals surface area contributed by atoms with E-state index in [2.05, 4.69) is 12.1 Å². The zero-order chi connectivity index (χ0) is 34.3. The van der Waals surface area contributed by atoms with Crippen molar-refractivity contribution in [1.29, 1.82) is 0 Å². The Morgan fingerprint density at radius 3 is 2.43 bits per heavy atom. The lowest BCUT2D eigenvalue weighted by atomic mass is 10.1. The molecule has 47 heavy (non-hydrogen) atoms. The Balaban J connectivity index is 1.55. The van der Waals surface area contributed by atoms with Gasteiger partial charge < -0.3 is 15.5 Å². The predicted molar refractivity (Wildman–Crippen MR) is 173 cm³/mol. The van der Waals surface area contributed by atoms with Crippen LogP contribution in [0.2, 0.25) is 5.02 Å². The first-order valence-electron chi connectivity index (χ1n) is 14.6. The maximum atomic E-state index is 13.7. The second-order valence-electron chi connectivity index (χ2n) is 11.2. The number of alkyl halides is 3. The molecule has 1 fully saturated rings. The summed E-state index contributed by atoms with van der Waals surface area (Å²) in [4.78, 5) is 3.26. The molecule has 0 bridgehead atoms. The van der Waals surface area contributed by atoms with E-state index in [-0.39, 0.29) is 23.5 Å². The molecule has 17 heteroatoms. The van der Waals surface area contributed by atoms with Gasteiger partial charge in [-0.05, 0) is 49.6 Å². The molecule has 11 nitrogen and oxygen atoms in total. The minimum Gasteiger partial charge on any atom is -0.356 e. The van der Waals surface area contributed by atoms with Crippen LogP contribution >= 0.6 is 11.6 Å². The third-order valence-corrected chi connectivity index (χ3v) is 11.2. The molecular weight excluding hydrogens is 681 g/mol. The van der Waals surface area contributed by atoms with Gasteiger partial charge >= 0.3 is 6.18 Å². The van der Waals surface area contributed by atoms with E-state index in [4.69, 9.17) is 17.3 Å². The Kier molecular flexibility index (Phi) is 9.59. The molecule has 0 radical (unpaired) electrons. The number of nitrogens with two attached hydrogens (primary N) is 1. The first kappa shape index (κ1) is 34.6. The van der Waals surface area contributed by atoms with Crippen molar-refractivity contribution in [3.05, 3.63) is 64.7 Å². The summed E-state index contributed by atoms with van der Waals surface area (Å²) in [5, 5.41) is -0.489. The molecule has 0 saturated carbocycles. The van der Waals surface area contributed by atoms with E-state index in [1.165, 1.54) is 15.3 Å². The predicted octanol–water partition coefficient (Wildman–Crippen LogP) is 4.13. The van der Waals surface area contributed by atoms with Gasteiger partial charge in [0.25, 0.3) is 15.9 Å². The maximum Gasteiger partial charge on any atom is 0.417 e. The van der Waals surface area contributed by atoms with E-state index in [1.54, 1.807) is 64.6 Å². The number of allylic oxidation sites excluding steroid dienone is 2. The van der Waals surface area contributed by atoms with Crippen molar-refractivity contribution >= 4 is 60.2 Å². The smallest absolute Gasteiger partial charge is 0.356 e. The van der Waals surface area contributed by atoms with E-state index in [0.29, 0.717) is 41.5 Å². The fourth-order valence-electron chi connectivity index (χ4n) is 5.89. The third-order valence-electron chi connectivity index (χ3n) is 8.17. The molecule has 1 aromatic heterocycles. The molecule has 0 spiro atoms. The van der Waals surface area contributed by atoms with Gasteiger partial charge in [-0.2, -0.15) is 25.9 Å². The molecule has 3 N–H and O–H groups in total. The summed E-state index contributed by atoms with van der Waals surface area (Å²) in [6, 6.07) is 12.1. The first-order chi connectivity index (χ1) is 22.0. The maximum absolute atomic E-state index is 13.7. The number of piperidine rings is 1. The van der Waals surface area contributed by atoms with Gasteiger partial charge in [0, 0.05) is 38.8 Å². The van der Waals surface area contributed by atoms with Gasteiger partial charge in [-0.15, -0.1) is 4.57 Å². The molecule has 2 aliphatic heterocycles. The van der Waals surface area contributed by atoms with Crippen molar-refractivity contribution in [2.75, 3.05) is 42.2 Å². The Morgan fingerprint density at radius 2 is 1.79 bits per heavy atom. The van der Waals surface area contributed by atoms with Crippen molar-refractivity contribution in [3.63, 3.8) is 0 Å². The number of nitrogens with zero attached hydrogens (tertiary/aromatic N) is 5. The average molecular weight is 714 g/mol. The van der Waals surface area contributed by atoms with Crippen LogP contribution in [0.15, 0.2) is 53.2 Å². The highest BCUT2D eigenvalue weighted by Crippen LogP contribution is 2.47. The van der Waals surface area contributed by atoms with Crippen LogP contribution in [-0.4, -0.2) is 62.7 Å². The Hall–Kier alpha value is -3.75. The van der Waals surface area contributed by atoms with Gasteiger partial charge in [0.05, 0.1) is 45.7 Å². The van der Waals surface area contributed by atoms with E-state index in [0.717, 1.165) is 25.3 Å². The molecular formula is C30H33ClF3N6O5S2+. The number of halogens is 4. The van der Waals surface area contributed by atoms with Crippen molar-refractivity contribution in [3.8, 4) is 12.1 Å². The summed E-state index contributed by atoms with van der Waals surface area (Å²) < 4.78 is 105. The van der Waals surface area contributed by atoms with Gasteiger partial charge in [0.1, 0.15) is 11.9 Å². The minimum atomic E-state index is -4.73. The summed E-state index contributed by atoms with van der Waals surface area (Å²) in [5.74, 6) is 0.335. The van der Waals surface area contributed by atoms with E-state index >= 15 is 0 Å². The van der Waals surface area contributed by atoms with Gasteiger partial charge in [0.2, 0.25) is 10.0 Å².